The third-order valence-corrected chi connectivity index (χ3v) is 6.91. The maximum absolute atomic E-state index is 2.40. The quantitative estimate of drug-likeness (QED) is 0.296. The predicted octanol–water partition coefficient (Wildman–Crippen LogP) is 7.74. The lowest BCUT2D eigenvalue weighted by Crippen LogP contribution is -2.01. The van der Waals surface area contributed by atoms with Crippen molar-refractivity contribution in [3.63, 3.8) is 0 Å². The van der Waals surface area contributed by atoms with Crippen LogP contribution in [0.4, 0.5) is 0 Å². The van der Waals surface area contributed by atoms with Gasteiger partial charge in [0.1, 0.15) is 0 Å². The van der Waals surface area contributed by atoms with Crippen molar-refractivity contribution in [1.82, 2.24) is 0 Å². The first-order chi connectivity index (χ1) is 13.9. The third-order valence-electron chi connectivity index (χ3n) is 5.78. The van der Waals surface area contributed by atoms with Crippen molar-refractivity contribution >= 4 is 43.2 Å². The summed E-state index contributed by atoms with van der Waals surface area (Å²) in [7, 11) is 0. The zero-order valence-electron chi connectivity index (χ0n) is 15.3. The van der Waals surface area contributed by atoms with E-state index in [-0.39, 0.29) is 5.92 Å². The van der Waals surface area contributed by atoms with Crippen molar-refractivity contribution in [1.29, 1.82) is 0 Å². The van der Waals surface area contributed by atoms with Gasteiger partial charge in [-0.05, 0) is 46.0 Å². The highest BCUT2D eigenvalue weighted by molar-refractivity contribution is 7.25. The molecule has 1 aliphatic rings. The van der Waals surface area contributed by atoms with E-state index in [4.69, 9.17) is 0 Å². The number of rotatable bonds is 2. The largest absolute Gasteiger partial charge is 0.135 e. The summed E-state index contributed by atoms with van der Waals surface area (Å²) in [6.45, 7) is 0. The fourth-order valence-electron chi connectivity index (χ4n) is 4.58. The van der Waals surface area contributed by atoms with Crippen LogP contribution in [0.15, 0.2) is 97.1 Å². The molecule has 6 rings (SSSR count). The first kappa shape index (κ1) is 15.9. The Bertz CT molecular complexity index is 1360. The van der Waals surface area contributed by atoms with Gasteiger partial charge in [-0.25, -0.2) is 0 Å². The first-order valence-corrected chi connectivity index (χ1v) is 10.5. The molecule has 0 saturated heterocycles. The van der Waals surface area contributed by atoms with Crippen LogP contribution in [0.1, 0.15) is 28.2 Å². The average molecular weight is 375 g/mol. The molecule has 28 heavy (non-hydrogen) atoms. The van der Waals surface area contributed by atoms with Crippen LogP contribution >= 0.6 is 11.3 Å². The van der Waals surface area contributed by atoms with E-state index in [1.54, 1.807) is 0 Å². The van der Waals surface area contributed by atoms with Gasteiger partial charge in [0.25, 0.3) is 0 Å². The summed E-state index contributed by atoms with van der Waals surface area (Å²) in [5.74, 6) is 0.279. The molecule has 0 aliphatic heterocycles. The molecule has 1 aromatic heterocycles. The topological polar surface area (TPSA) is 0 Å². The SMILES string of the molecule is C1=C(c2cccc3sc4ccccc4c23)C(c2ccccc2)c2ccccc21. The van der Waals surface area contributed by atoms with E-state index < -0.39 is 0 Å². The van der Waals surface area contributed by atoms with E-state index in [1.165, 1.54) is 48.0 Å². The van der Waals surface area contributed by atoms with Crippen molar-refractivity contribution in [2.75, 3.05) is 0 Å². The van der Waals surface area contributed by atoms with Gasteiger partial charge in [-0.2, -0.15) is 0 Å². The summed E-state index contributed by atoms with van der Waals surface area (Å²) in [5, 5.41) is 2.75. The summed E-state index contributed by atoms with van der Waals surface area (Å²) >= 11 is 1.89. The average Bonchev–Trinajstić information content (AvgIpc) is 3.33. The minimum atomic E-state index is 0.279. The van der Waals surface area contributed by atoms with Crippen LogP contribution in [-0.2, 0) is 0 Å². The minimum absolute atomic E-state index is 0.279. The lowest BCUT2D eigenvalue weighted by atomic mass is 9.84. The Morgan fingerprint density at radius 2 is 1.36 bits per heavy atom. The molecule has 1 unspecified atom stereocenters. The van der Waals surface area contributed by atoms with Gasteiger partial charge in [0.15, 0.2) is 0 Å². The lowest BCUT2D eigenvalue weighted by molar-refractivity contribution is 1.07. The highest BCUT2D eigenvalue weighted by atomic mass is 32.1. The van der Waals surface area contributed by atoms with E-state index in [0.717, 1.165) is 0 Å². The monoisotopic (exact) mass is 374 g/mol. The van der Waals surface area contributed by atoms with Crippen LogP contribution in [0.5, 0.6) is 0 Å². The molecule has 0 spiro atoms. The maximum Gasteiger partial charge on any atom is 0.0361 e. The Labute approximate surface area is 168 Å². The van der Waals surface area contributed by atoms with Crippen molar-refractivity contribution in [3.8, 4) is 0 Å². The second-order valence-electron chi connectivity index (χ2n) is 7.35. The summed E-state index contributed by atoms with van der Waals surface area (Å²) in [4.78, 5) is 0. The molecular formula is C27H18S. The number of allylic oxidation sites excluding steroid dienone is 1. The smallest absolute Gasteiger partial charge is 0.0361 e. The number of hydrogen-bond donors (Lipinski definition) is 0. The molecule has 132 valence electrons. The number of hydrogen-bond acceptors (Lipinski definition) is 1. The molecule has 4 aromatic carbocycles. The van der Waals surface area contributed by atoms with Gasteiger partial charge in [0.2, 0.25) is 0 Å². The maximum atomic E-state index is 2.40. The van der Waals surface area contributed by atoms with E-state index in [1.807, 2.05) is 11.3 Å². The van der Waals surface area contributed by atoms with Gasteiger partial charge in [-0.3, -0.25) is 0 Å². The molecule has 0 nitrogen and oxygen atoms in total. The minimum Gasteiger partial charge on any atom is -0.135 e. The van der Waals surface area contributed by atoms with Gasteiger partial charge in [0.05, 0.1) is 0 Å². The molecule has 1 atom stereocenters. The summed E-state index contributed by atoms with van der Waals surface area (Å²) < 4.78 is 2.72. The zero-order valence-corrected chi connectivity index (χ0v) is 16.1. The Morgan fingerprint density at radius 3 is 2.29 bits per heavy atom. The molecule has 0 saturated carbocycles. The van der Waals surface area contributed by atoms with Crippen molar-refractivity contribution in [3.05, 3.63) is 119 Å². The van der Waals surface area contributed by atoms with Crippen molar-refractivity contribution in [2.24, 2.45) is 0 Å². The van der Waals surface area contributed by atoms with Gasteiger partial charge in [0, 0.05) is 26.1 Å². The van der Waals surface area contributed by atoms with E-state index in [9.17, 15) is 0 Å². The molecule has 0 radical (unpaired) electrons. The van der Waals surface area contributed by atoms with Crippen LogP contribution in [0.25, 0.3) is 31.8 Å². The molecule has 0 amide bonds. The second kappa shape index (κ2) is 6.19. The summed E-state index contributed by atoms with van der Waals surface area (Å²) in [6, 6.07) is 35.3. The zero-order chi connectivity index (χ0) is 18.5. The molecule has 0 fully saturated rings. The highest BCUT2D eigenvalue weighted by Gasteiger charge is 2.28. The third kappa shape index (κ3) is 2.30. The molecule has 5 aromatic rings. The lowest BCUT2D eigenvalue weighted by Gasteiger charge is -2.19. The van der Waals surface area contributed by atoms with E-state index in [2.05, 4.69) is 103 Å². The van der Waals surface area contributed by atoms with E-state index in [0.29, 0.717) is 0 Å². The number of benzene rings is 4. The highest BCUT2D eigenvalue weighted by Crippen LogP contribution is 2.49. The van der Waals surface area contributed by atoms with Gasteiger partial charge < -0.3 is 0 Å². The van der Waals surface area contributed by atoms with Crippen LogP contribution in [0, 0.1) is 0 Å². The Hall–Kier alpha value is -3.16. The fourth-order valence-corrected chi connectivity index (χ4v) is 5.71. The number of fused-ring (bicyclic) bond motifs is 4. The van der Waals surface area contributed by atoms with Gasteiger partial charge in [-0.15, -0.1) is 11.3 Å². The molecule has 1 heteroatoms. The van der Waals surface area contributed by atoms with Crippen molar-refractivity contribution < 1.29 is 0 Å². The fraction of sp³-hybridized carbons (Fsp3) is 0.0370. The van der Waals surface area contributed by atoms with Crippen LogP contribution in [0.3, 0.4) is 0 Å². The normalized spacial score (nSPS) is 15.7. The Kier molecular flexibility index (Phi) is 3.50. The molecule has 0 N–H and O–H groups in total. The first-order valence-electron chi connectivity index (χ1n) is 9.66. The standard InChI is InChI=1S/C27H18S/c1-2-9-18(10-3-1)26-20-12-5-4-11-19(20)17-23(26)21-14-8-16-25-27(21)22-13-6-7-15-24(22)28-25/h1-17,26H. The Balaban J connectivity index is 1.66. The summed E-state index contributed by atoms with van der Waals surface area (Å²) in [5.41, 5.74) is 6.86. The molecular weight excluding hydrogens is 356 g/mol. The molecule has 0 bridgehead atoms. The number of thiophene rings is 1. The van der Waals surface area contributed by atoms with Crippen LogP contribution in [-0.4, -0.2) is 0 Å². The second-order valence-corrected chi connectivity index (χ2v) is 8.43. The van der Waals surface area contributed by atoms with Gasteiger partial charge >= 0.3 is 0 Å². The van der Waals surface area contributed by atoms with Crippen LogP contribution < -0.4 is 0 Å². The van der Waals surface area contributed by atoms with Gasteiger partial charge in [-0.1, -0.05) is 84.9 Å². The summed E-state index contributed by atoms with van der Waals surface area (Å²) in [6.07, 6.45) is 2.40. The van der Waals surface area contributed by atoms with Crippen molar-refractivity contribution in [2.45, 2.75) is 5.92 Å². The van der Waals surface area contributed by atoms with Crippen LogP contribution in [0.2, 0.25) is 0 Å². The van der Waals surface area contributed by atoms with E-state index >= 15 is 0 Å². The molecule has 1 heterocycles. The predicted molar refractivity (Wildman–Crippen MR) is 122 cm³/mol. The molecule has 1 aliphatic carbocycles. The Morgan fingerprint density at radius 1 is 0.607 bits per heavy atom.